The highest BCUT2D eigenvalue weighted by Crippen LogP contribution is 2.20. The van der Waals surface area contributed by atoms with Gasteiger partial charge in [0.2, 0.25) is 0 Å². The van der Waals surface area contributed by atoms with Crippen molar-refractivity contribution in [1.82, 2.24) is 19.9 Å². The lowest BCUT2D eigenvalue weighted by atomic mass is 10.2. The summed E-state index contributed by atoms with van der Waals surface area (Å²) in [4.78, 5) is 26.9. The zero-order chi connectivity index (χ0) is 17.2. The molecule has 0 unspecified atom stereocenters. The molecule has 4 aromatic rings. The number of carbonyl (C=O) groups is 1. The number of para-hydroxylation sites is 2. The molecule has 4 rings (SSSR count). The third-order valence-electron chi connectivity index (χ3n) is 4.30. The normalized spacial score (nSPS) is 11.2. The van der Waals surface area contributed by atoms with Crippen LogP contribution in [0.3, 0.4) is 0 Å². The summed E-state index contributed by atoms with van der Waals surface area (Å²) < 4.78 is 1.10. The van der Waals surface area contributed by atoms with Gasteiger partial charge in [-0.2, -0.15) is 0 Å². The van der Waals surface area contributed by atoms with Gasteiger partial charge in [-0.1, -0.05) is 12.1 Å². The van der Waals surface area contributed by atoms with E-state index < -0.39 is 0 Å². The first-order valence-corrected chi connectivity index (χ1v) is 9.18. The van der Waals surface area contributed by atoms with Gasteiger partial charge in [-0.15, -0.1) is 11.3 Å². The number of amides is 1. The van der Waals surface area contributed by atoms with E-state index in [-0.39, 0.29) is 5.91 Å². The molecule has 0 aliphatic rings. The fourth-order valence-electron chi connectivity index (χ4n) is 2.94. The molecule has 2 heterocycles. The molecule has 6 heteroatoms. The van der Waals surface area contributed by atoms with E-state index in [0.29, 0.717) is 25.1 Å². The smallest absolute Gasteiger partial charge is 0.253 e. The number of rotatable bonds is 5. The van der Waals surface area contributed by atoms with E-state index in [1.807, 2.05) is 54.3 Å². The molecule has 126 valence electrons. The lowest BCUT2D eigenvalue weighted by Gasteiger charge is -2.20. The summed E-state index contributed by atoms with van der Waals surface area (Å²) in [6, 6.07) is 13.7. The predicted molar refractivity (Wildman–Crippen MR) is 101 cm³/mol. The van der Waals surface area contributed by atoms with Gasteiger partial charge >= 0.3 is 0 Å². The van der Waals surface area contributed by atoms with Crippen molar-refractivity contribution in [2.75, 3.05) is 13.1 Å². The third-order valence-corrected chi connectivity index (χ3v) is 5.11. The van der Waals surface area contributed by atoms with Crippen LogP contribution in [0.2, 0.25) is 0 Å². The van der Waals surface area contributed by atoms with Gasteiger partial charge in [0.1, 0.15) is 5.82 Å². The number of hydrogen-bond acceptors (Lipinski definition) is 4. The van der Waals surface area contributed by atoms with Gasteiger partial charge in [0.25, 0.3) is 5.91 Å². The average molecular weight is 350 g/mol. The summed E-state index contributed by atoms with van der Waals surface area (Å²) in [5.41, 5.74) is 5.36. The number of aromatic nitrogens is 3. The molecule has 1 amide bonds. The molecule has 0 atom stereocenters. The maximum Gasteiger partial charge on any atom is 0.253 e. The molecule has 1 N–H and O–H groups in total. The minimum absolute atomic E-state index is 0.0357. The standard InChI is InChI=1S/C19H18N4OS/c1-2-23(10-9-18-21-14-5-3-4-6-15(14)22-18)19(24)13-7-8-17-16(11-13)20-12-25-17/h3-8,11-12H,2,9-10H2,1H3,(H,21,22). The number of nitrogens with zero attached hydrogens (tertiary/aromatic N) is 3. The molecule has 0 saturated heterocycles. The van der Waals surface area contributed by atoms with Crippen LogP contribution < -0.4 is 0 Å². The highest BCUT2D eigenvalue weighted by atomic mass is 32.1. The average Bonchev–Trinajstić information content (AvgIpc) is 3.27. The Morgan fingerprint density at radius 1 is 1.20 bits per heavy atom. The van der Waals surface area contributed by atoms with Gasteiger partial charge in [0.05, 0.1) is 26.8 Å². The number of likely N-dealkylation sites (N-methyl/N-ethyl adjacent to an activating group) is 1. The maximum atomic E-state index is 12.8. The van der Waals surface area contributed by atoms with Crippen LogP contribution in [0.25, 0.3) is 21.3 Å². The van der Waals surface area contributed by atoms with E-state index >= 15 is 0 Å². The molecule has 0 bridgehead atoms. The number of fused-ring (bicyclic) bond motifs is 2. The first-order chi connectivity index (χ1) is 12.2. The van der Waals surface area contributed by atoms with E-state index in [2.05, 4.69) is 15.0 Å². The SMILES string of the molecule is CCN(CCc1nc2ccccc2[nH]1)C(=O)c1ccc2scnc2c1. The van der Waals surface area contributed by atoms with Crippen molar-refractivity contribution < 1.29 is 4.79 Å². The van der Waals surface area contributed by atoms with Crippen LogP contribution in [0, 0.1) is 0 Å². The highest BCUT2D eigenvalue weighted by molar-refractivity contribution is 7.16. The lowest BCUT2D eigenvalue weighted by molar-refractivity contribution is 0.0766. The van der Waals surface area contributed by atoms with Crippen molar-refractivity contribution in [2.45, 2.75) is 13.3 Å². The summed E-state index contributed by atoms with van der Waals surface area (Å²) in [5.74, 6) is 0.941. The Balaban J connectivity index is 1.49. The topological polar surface area (TPSA) is 61.9 Å². The minimum Gasteiger partial charge on any atom is -0.342 e. The highest BCUT2D eigenvalue weighted by Gasteiger charge is 2.15. The molecule has 0 aliphatic carbocycles. The van der Waals surface area contributed by atoms with E-state index in [0.717, 1.165) is 27.1 Å². The predicted octanol–water partition coefficient (Wildman–Crippen LogP) is 3.88. The lowest BCUT2D eigenvalue weighted by Crippen LogP contribution is -2.32. The van der Waals surface area contributed by atoms with Crippen LogP contribution in [0.4, 0.5) is 0 Å². The molecule has 2 aromatic heterocycles. The van der Waals surface area contributed by atoms with Crippen LogP contribution in [-0.4, -0.2) is 38.8 Å². The molecule has 0 spiro atoms. The number of thiazole rings is 1. The Hall–Kier alpha value is -2.73. The first-order valence-electron chi connectivity index (χ1n) is 8.31. The molecule has 0 radical (unpaired) electrons. The fourth-order valence-corrected chi connectivity index (χ4v) is 3.60. The van der Waals surface area contributed by atoms with Crippen LogP contribution in [-0.2, 0) is 6.42 Å². The molecule has 2 aromatic carbocycles. The third kappa shape index (κ3) is 3.13. The molecule has 5 nitrogen and oxygen atoms in total. The number of hydrogen-bond donors (Lipinski definition) is 1. The van der Waals surface area contributed by atoms with Crippen molar-refractivity contribution in [1.29, 1.82) is 0 Å². The van der Waals surface area contributed by atoms with Gasteiger partial charge in [0.15, 0.2) is 0 Å². The quantitative estimate of drug-likeness (QED) is 0.594. The van der Waals surface area contributed by atoms with Crippen LogP contribution in [0.5, 0.6) is 0 Å². The second-order valence-corrected chi connectivity index (χ2v) is 6.76. The summed E-state index contributed by atoms with van der Waals surface area (Å²) in [7, 11) is 0. The summed E-state index contributed by atoms with van der Waals surface area (Å²) in [5, 5.41) is 0. The Morgan fingerprint density at radius 2 is 2.08 bits per heavy atom. The minimum atomic E-state index is 0.0357. The van der Waals surface area contributed by atoms with Crippen molar-refractivity contribution in [3.8, 4) is 0 Å². The second kappa shape index (κ2) is 6.64. The monoisotopic (exact) mass is 350 g/mol. The Kier molecular flexibility index (Phi) is 4.19. The van der Waals surface area contributed by atoms with E-state index in [1.165, 1.54) is 0 Å². The van der Waals surface area contributed by atoms with Crippen LogP contribution >= 0.6 is 11.3 Å². The van der Waals surface area contributed by atoms with Gasteiger partial charge in [0, 0.05) is 25.1 Å². The van der Waals surface area contributed by atoms with Gasteiger partial charge in [-0.25, -0.2) is 9.97 Å². The molecular formula is C19H18N4OS. The first kappa shape index (κ1) is 15.8. The zero-order valence-electron chi connectivity index (χ0n) is 13.9. The van der Waals surface area contributed by atoms with Crippen LogP contribution in [0.15, 0.2) is 48.0 Å². The zero-order valence-corrected chi connectivity index (χ0v) is 14.7. The van der Waals surface area contributed by atoms with Gasteiger partial charge in [-0.3, -0.25) is 4.79 Å². The maximum absolute atomic E-state index is 12.8. The van der Waals surface area contributed by atoms with Crippen molar-refractivity contribution in [2.24, 2.45) is 0 Å². The van der Waals surface area contributed by atoms with Gasteiger partial charge < -0.3 is 9.88 Å². The Bertz CT molecular complexity index is 1000. The molecule has 0 fully saturated rings. The van der Waals surface area contributed by atoms with E-state index in [1.54, 1.807) is 16.8 Å². The van der Waals surface area contributed by atoms with E-state index in [9.17, 15) is 4.79 Å². The Labute approximate surface area is 149 Å². The Morgan fingerprint density at radius 3 is 2.92 bits per heavy atom. The molecule has 0 saturated carbocycles. The van der Waals surface area contributed by atoms with Crippen LogP contribution in [0.1, 0.15) is 23.1 Å². The second-order valence-electron chi connectivity index (χ2n) is 5.87. The van der Waals surface area contributed by atoms with Crippen molar-refractivity contribution in [3.63, 3.8) is 0 Å². The number of aromatic amines is 1. The molecular weight excluding hydrogens is 332 g/mol. The number of nitrogens with one attached hydrogen (secondary N) is 1. The van der Waals surface area contributed by atoms with E-state index in [4.69, 9.17) is 0 Å². The number of imidazole rings is 1. The fraction of sp³-hybridized carbons (Fsp3) is 0.211. The summed E-state index contributed by atoms with van der Waals surface area (Å²) in [6.45, 7) is 3.29. The molecule has 25 heavy (non-hydrogen) atoms. The van der Waals surface area contributed by atoms with Crippen molar-refractivity contribution >= 4 is 38.5 Å². The largest absolute Gasteiger partial charge is 0.342 e. The molecule has 0 aliphatic heterocycles. The summed E-state index contributed by atoms with van der Waals surface area (Å²) >= 11 is 1.58. The van der Waals surface area contributed by atoms with Gasteiger partial charge in [-0.05, 0) is 37.3 Å². The van der Waals surface area contributed by atoms with Crippen molar-refractivity contribution in [3.05, 3.63) is 59.4 Å². The number of H-pyrrole nitrogens is 1. The number of benzene rings is 2. The summed E-state index contributed by atoms with van der Waals surface area (Å²) in [6.07, 6.45) is 0.702. The number of carbonyl (C=O) groups excluding carboxylic acids is 1.